The number of unbranched alkanes of at least 4 members (excludes halogenated alkanes) is 9. The Kier molecular flexibility index (Phi) is 29.3. The lowest BCUT2D eigenvalue weighted by Crippen LogP contribution is -2.58. The number of carbonyl (C=O) groups is 6. The van der Waals surface area contributed by atoms with E-state index in [-0.39, 0.29) is 60.1 Å². The van der Waals surface area contributed by atoms with Crippen LogP contribution in [0.1, 0.15) is 156 Å². The zero-order chi connectivity index (χ0) is 50.4. The van der Waals surface area contributed by atoms with E-state index in [1.54, 1.807) is 0 Å². The molecule has 0 bridgehead atoms. The number of hydrogen-bond donors (Lipinski definition) is 8. The van der Waals surface area contributed by atoms with E-state index >= 15 is 0 Å². The Morgan fingerprint density at radius 3 is 1.03 bits per heavy atom. The van der Waals surface area contributed by atoms with Crippen LogP contribution in [0, 0.1) is 23.7 Å². The minimum Gasteiger partial charge on any atom is -0.354 e. The molecule has 68 heavy (non-hydrogen) atoms. The van der Waals surface area contributed by atoms with Crippen molar-refractivity contribution in [1.82, 2.24) is 31.9 Å². The summed E-state index contributed by atoms with van der Waals surface area (Å²) >= 11 is 0. The van der Waals surface area contributed by atoms with E-state index < -0.39 is 48.1 Å². The summed E-state index contributed by atoms with van der Waals surface area (Å²) in [4.78, 5) is 80.2. The van der Waals surface area contributed by atoms with Crippen LogP contribution >= 0.6 is 0 Å². The molecule has 0 heterocycles. The van der Waals surface area contributed by atoms with E-state index in [2.05, 4.69) is 31.9 Å². The predicted octanol–water partition coefficient (Wildman–Crippen LogP) is 6.38. The van der Waals surface area contributed by atoms with Crippen molar-refractivity contribution in [2.24, 2.45) is 35.1 Å². The fraction of sp³-hybridized carbons (Fsp3) is 0.667. The third-order valence-electron chi connectivity index (χ3n) is 12.7. The molecule has 0 aliphatic carbocycles. The molecular weight excluding hydrogens is 857 g/mol. The Balaban J connectivity index is 1.72. The average molecular weight is 947 g/mol. The first-order chi connectivity index (χ1) is 32.5. The first-order valence-electron chi connectivity index (χ1n) is 25.8. The van der Waals surface area contributed by atoms with Crippen LogP contribution in [0.15, 0.2) is 60.7 Å². The lowest BCUT2D eigenvalue weighted by molar-refractivity contribution is -0.133. The van der Waals surface area contributed by atoms with Crippen molar-refractivity contribution >= 4 is 35.4 Å². The van der Waals surface area contributed by atoms with Crippen molar-refractivity contribution in [3.63, 3.8) is 0 Å². The molecule has 2 rings (SSSR count). The van der Waals surface area contributed by atoms with Gasteiger partial charge in [-0.2, -0.15) is 0 Å². The van der Waals surface area contributed by atoms with Crippen molar-refractivity contribution in [2.75, 3.05) is 13.1 Å². The van der Waals surface area contributed by atoms with E-state index in [1.165, 1.54) is 0 Å². The molecule has 0 saturated heterocycles. The Bertz CT molecular complexity index is 1630. The van der Waals surface area contributed by atoms with Gasteiger partial charge in [0.15, 0.2) is 0 Å². The normalized spacial score (nSPS) is 14.9. The minimum absolute atomic E-state index is 0.109. The highest BCUT2D eigenvalue weighted by molar-refractivity contribution is 5.94. The van der Waals surface area contributed by atoms with Crippen LogP contribution in [-0.4, -0.2) is 84.8 Å². The molecule has 382 valence electrons. The largest absolute Gasteiger partial charge is 0.354 e. The lowest BCUT2D eigenvalue weighted by atomic mass is 9.96. The second-order valence-electron chi connectivity index (χ2n) is 19.8. The number of hydrogen-bond acceptors (Lipinski definition) is 8. The smallest absolute Gasteiger partial charge is 0.243 e. The molecule has 0 saturated carbocycles. The maximum absolute atomic E-state index is 13.7. The van der Waals surface area contributed by atoms with E-state index in [0.29, 0.717) is 38.8 Å². The molecule has 0 spiro atoms. The van der Waals surface area contributed by atoms with Gasteiger partial charge in [-0.15, -0.1) is 0 Å². The lowest BCUT2D eigenvalue weighted by Gasteiger charge is -2.27. The van der Waals surface area contributed by atoms with Crippen molar-refractivity contribution in [3.05, 3.63) is 71.8 Å². The van der Waals surface area contributed by atoms with Crippen LogP contribution in [0.2, 0.25) is 0 Å². The van der Waals surface area contributed by atoms with Gasteiger partial charge in [0.25, 0.3) is 0 Å². The van der Waals surface area contributed by atoms with Crippen molar-refractivity contribution in [3.8, 4) is 0 Å². The van der Waals surface area contributed by atoms with Crippen LogP contribution in [-0.2, 0) is 41.6 Å². The molecule has 2 aromatic carbocycles. The number of nitrogens with one attached hydrogen (secondary N) is 6. The molecular formula is C54H90N8O6. The van der Waals surface area contributed by atoms with Crippen LogP contribution in [0.4, 0.5) is 0 Å². The van der Waals surface area contributed by atoms with E-state index in [0.717, 1.165) is 75.3 Å². The first kappa shape index (κ1) is 59.3. The predicted molar refractivity (Wildman–Crippen MR) is 274 cm³/mol. The molecule has 0 aromatic heterocycles. The number of carbonyl (C=O) groups excluding carboxylic acids is 6. The molecule has 14 heteroatoms. The summed E-state index contributed by atoms with van der Waals surface area (Å²) in [7, 11) is 0. The highest BCUT2D eigenvalue weighted by Crippen LogP contribution is 2.15. The van der Waals surface area contributed by atoms with Gasteiger partial charge in [0.05, 0.1) is 12.1 Å². The van der Waals surface area contributed by atoms with Gasteiger partial charge in [-0.1, -0.05) is 180 Å². The number of benzene rings is 2. The van der Waals surface area contributed by atoms with Gasteiger partial charge in [0.2, 0.25) is 35.4 Å². The standard InChI is InChI=1S/C54H90N8O6/c1-9-39(7)47(61-51(65)45(35-41-27-21-19-22-28-41)59-49(63)43(55)33-37(3)4)53(67)57-31-25-17-15-13-11-12-14-16-18-26-32-58-54(68)48(40(8)10-2)62-52(66)46(36-42-29-23-20-24-30-42)60-50(64)44(56)34-38(5)6/h19-24,27-30,37-40,43-48H,9-18,25-26,31-36,55-56H2,1-8H3,(H,57,67)(H,58,68)(H,59,63)(H,60,64)(H,61,65)(H,62,66)/t39-,40-,43-,44-,45-,46-,47-,48-/m0/s1. The van der Waals surface area contributed by atoms with Gasteiger partial charge in [-0.25, -0.2) is 0 Å². The fourth-order valence-corrected chi connectivity index (χ4v) is 8.12. The van der Waals surface area contributed by atoms with Crippen molar-refractivity contribution in [2.45, 2.75) is 194 Å². The number of amides is 6. The summed E-state index contributed by atoms with van der Waals surface area (Å²) in [6.07, 6.45) is 13.3. The van der Waals surface area contributed by atoms with E-state index in [1.807, 2.05) is 116 Å². The van der Waals surface area contributed by atoms with Crippen LogP contribution in [0.5, 0.6) is 0 Å². The molecule has 0 aliphatic heterocycles. The molecule has 14 nitrogen and oxygen atoms in total. The maximum Gasteiger partial charge on any atom is 0.243 e. The zero-order valence-corrected chi connectivity index (χ0v) is 42.9. The zero-order valence-electron chi connectivity index (χ0n) is 42.9. The maximum atomic E-state index is 13.7. The number of rotatable bonds is 35. The summed E-state index contributed by atoms with van der Waals surface area (Å²) in [5.41, 5.74) is 14.1. The monoisotopic (exact) mass is 947 g/mol. The topological polar surface area (TPSA) is 227 Å². The highest BCUT2D eigenvalue weighted by Gasteiger charge is 2.32. The molecule has 6 amide bonds. The molecule has 0 aliphatic rings. The summed E-state index contributed by atoms with van der Waals surface area (Å²) in [6, 6.07) is 14.3. The fourth-order valence-electron chi connectivity index (χ4n) is 8.12. The quantitative estimate of drug-likeness (QED) is 0.0361. The Morgan fingerprint density at radius 1 is 0.426 bits per heavy atom. The van der Waals surface area contributed by atoms with Gasteiger partial charge < -0.3 is 43.4 Å². The van der Waals surface area contributed by atoms with Gasteiger partial charge in [0, 0.05) is 25.9 Å². The average Bonchev–Trinajstić information content (AvgIpc) is 3.31. The van der Waals surface area contributed by atoms with Crippen LogP contribution in [0.3, 0.4) is 0 Å². The molecule has 2 aromatic rings. The summed E-state index contributed by atoms with van der Waals surface area (Å²) in [5.74, 6) is -1.78. The summed E-state index contributed by atoms with van der Waals surface area (Å²) in [6.45, 7) is 16.9. The van der Waals surface area contributed by atoms with Crippen LogP contribution in [0.25, 0.3) is 0 Å². The van der Waals surface area contributed by atoms with Gasteiger partial charge >= 0.3 is 0 Å². The molecule has 0 fully saturated rings. The van der Waals surface area contributed by atoms with Crippen molar-refractivity contribution < 1.29 is 28.8 Å². The summed E-state index contributed by atoms with van der Waals surface area (Å²) < 4.78 is 0. The Labute approximate surface area is 409 Å². The molecule has 0 radical (unpaired) electrons. The minimum atomic E-state index is -0.876. The highest BCUT2D eigenvalue weighted by atomic mass is 16.2. The van der Waals surface area contributed by atoms with Gasteiger partial charge in [-0.3, -0.25) is 28.8 Å². The Morgan fingerprint density at radius 2 is 0.735 bits per heavy atom. The SMILES string of the molecule is CC[C@H](C)[C@H](NC(=O)[C@H](Cc1ccccc1)NC(=O)[C@@H](N)CC(C)C)C(=O)NCCCCCCCCCCCCNC(=O)[C@@H](NC(=O)[C@H](Cc1ccccc1)NC(=O)[C@@H](N)CC(C)C)[C@@H](C)CC. The number of nitrogens with two attached hydrogens (primary N) is 2. The van der Waals surface area contributed by atoms with Crippen LogP contribution < -0.4 is 43.4 Å². The first-order valence-corrected chi connectivity index (χ1v) is 25.8. The second kappa shape index (κ2) is 33.6. The van der Waals surface area contributed by atoms with E-state index in [9.17, 15) is 28.8 Å². The second-order valence-corrected chi connectivity index (χ2v) is 19.8. The Hall–Kier alpha value is -4.82. The van der Waals surface area contributed by atoms with Crippen molar-refractivity contribution in [1.29, 1.82) is 0 Å². The third-order valence-corrected chi connectivity index (χ3v) is 12.7. The summed E-state index contributed by atoms with van der Waals surface area (Å²) in [5, 5.41) is 17.7. The molecule has 10 N–H and O–H groups in total. The van der Waals surface area contributed by atoms with E-state index in [4.69, 9.17) is 11.5 Å². The molecule has 8 atom stereocenters. The van der Waals surface area contributed by atoms with Gasteiger partial charge in [-0.05, 0) is 60.5 Å². The third kappa shape index (κ3) is 24.0. The molecule has 0 unspecified atom stereocenters. The van der Waals surface area contributed by atoms with Gasteiger partial charge in [0.1, 0.15) is 24.2 Å².